The van der Waals surface area contributed by atoms with E-state index in [2.05, 4.69) is 5.32 Å². The molecule has 1 fully saturated rings. The Balaban J connectivity index is 2.22. The van der Waals surface area contributed by atoms with E-state index < -0.39 is 0 Å². The van der Waals surface area contributed by atoms with E-state index in [4.69, 9.17) is 14.2 Å². The van der Waals surface area contributed by atoms with Crippen molar-refractivity contribution in [1.29, 1.82) is 0 Å². The third kappa shape index (κ3) is 3.58. The molecule has 1 saturated heterocycles. The molecule has 0 aliphatic carbocycles. The Morgan fingerprint density at radius 1 is 1.38 bits per heavy atom. The van der Waals surface area contributed by atoms with Crippen LogP contribution in [-0.2, 0) is 4.74 Å². The molecule has 1 aliphatic rings. The minimum atomic E-state index is -0.259. The van der Waals surface area contributed by atoms with Crippen molar-refractivity contribution >= 4 is 6.09 Å². The van der Waals surface area contributed by atoms with Gasteiger partial charge in [0.05, 0.1) is 26.8 Å². The highest BCUT2D eigenvalue weighted by Gasteiger charge is 2.26. The van der Waals surface area contributed by atoms with Gasteiger partial charge in [0.15, 0.2) is 0 Å². The third-order valence-electron chi connectivity index (χ3n) is 3.51. The zero-order chi connectivity index (χ0) is 15.2. The first kappa shape index (κ1) is 15.4. The molecule has 0 radical (unpaired) electrons. The van der Waals surface area contributed by atoms with Crippen LogP contribution in [0.15, 0.2) is 18.2 Å². The first-order chi connectivity index (χ1) is 10.2. The average molecular weight is 294 g/mol. The van der Waals surface area contributed by atoms with Crippen LogP contribution in [0.4, 0.5) is 4.79 Å². The number of hydrogen-bond acceptors (Lipinski definition) is 5. The number of likely N-dealkylation sites (N-methyl/N-ethyl adjacent to an activating group) is 1. The number of nitrogens with one attached hydrogen (secondary N) is 1. The van der Waals surface area contributed by atoms with Crippen LogP contribution in [0.3, 0.4) is 0 Å². The van der Waals surface area contributed by atoms with Gasteiger partial charge in [-0.15, -0.1) is 0 Å². The highest BCUT2D eigenvalue weighted by atomic mass is 16.6. The maximum Gasteiger partial charge on any atom is 0.410 e. The van der Waals surface area contributed by atoms with E-state index in [-0.39, 0.29) is 12.1 Å². The number of ether oxygens (including phenoxy) is 3. The zero-order valence-corrected chi connectivity index (χ0v) is 12.7. The van der Waals surface area contributed by atoms with Crippen LogP contribution in [0.5, 0.6) is 11.5 Å². The SMILES string of the molecule is CCNC(CN1CCOC1=O)c1ccc(OC)cc1OC. The van der Waals surface area contributed by atoms with Gasteiger partial charge in [0.25, 0.3) is 0 Å². The minimum Gasteiger partial charge on any atom is -0.497 e. The molecular formula is C15H22N2O4. The fourth-order valence-corrected chi connectivity index (χ4v) is 2.44. The molecule has 1 N–H and O–H groups in total. The molecule has 1 heterocycles. The molecule has 1 amide bonds. The molecule has 116 valence electrons. The van der Waals surface area contributed by atoms with Gasteiger partial charge in [-0.2, -0.15) is 0 Å². The summed E-state index contributed by atoms with van der Waals surface area (Å²) < 4.78 is 15.7. The number of cyclic esters (lactones) is 1. The maximum atomic E-state index is 11.6. The number of rotatable bonds is 7. The molecule has 6 nitrogen and oxygen atoms in total. The van der Waals surface area contributed by atoms with Gasteiger partial charge in [0.2, 0.25) is 0 Å². The lowest BCUT2D eigenvalue weighted by Gasteiger charge is -2.25. The van der Waals surface area contributed by atoms with Crippen LogP contribution in [0.25, 0.3) is 0 Å². The predicted molar refractivity (Wildman–Crippen MR) is 78.9 cm³/mol. The van der Waals surface area contributed by atoms with Crippen molar-refractivity contribution in [2.45, 2.75) is 13.0 Å². The number of amides is 1. The standard InChI is InChI=1S/C15H22N2O4/c1-4-16-13(10-17-7-8-21-15(17)18)12-6-5-11(19-2)9-14(12)20-3/h5-6,9,13,16H,4,7-8,10H2,1-3H3. The quantitative estimate of drug-likeness (QED) is 0.831. The highest BCUT2D eigenvalue weighted by Crippen LogP contribution is 2.30. The summed E-state index contributed by atoms with van der Waals surface area (Å²) in [4.78, 5) is 13.3. The minimum absolute atomic E-state index is 0.0125. The monoisotopic (exact) mass is 294 g/mol. The van der Waals surface area contributed by atoms with E-state index in [9.17, 15) is 4.79 Å². The van der Waals surface area contributed by atoms with Crippen molar-refractivity contribution < 1.29 is 19.0 Å². The van der Waals surface area contributed by atoms with E-state index >= 15 is 0 Å². The molecule has 0 spiro atoms. The van der Waals surface area contributed by atoms with Crippen LogP contribution in [0.2, 0.25) is 0 Å². The molecule has 1 unspecified atom stereocenters. The summed E-state index contributed by atoms with van der Waals surface area (Å²) in [5.41, 5.74) is 1.000. The Labute approximate surface area is 125 Å². The number of carbonyl (C=O) groups is 1. The number of benzene rings is 1. The summed E-state index contributed by atoms with van der Waals surface area (Å²) in [5.74, 6) is 1.49. The molecule has 21 heavy (non-hydrogen) atoms. The Bertz CT molecular complexity index is 493. The van der Waals surface area contributed by atoms with E-state index in [0.29, 0.717) is 19.7 Å². The van der Waals surface area contributed by atoms with Gasteiger partial charge in [0.1, 0.15) is 18.1 Å². The smallest absolute Gasteiger partial charge is 0.410 e. The lowest BCUT2D eigenvalue weighted by atomic mass is 10.0. The van der Waals surface area contributed by atoms with Crippen molar-refractivity contribution in [2.75, 3.05) is 40.5 Å². The second-order valence-electron chi connectivity index (χ2n) is 4.78. The molecule has 1 aliphatic heterocycles. The fourth-order valence-electron chi connectivity index (χ4n) is 2.44. The largest absolute Gasteiger partial charge is 0.497 e. The summed E-state index contributed by atoms with van der Waals surface area (Å²) in [6.45, 7) is 4.46. The molecule has 1 atom stereocenters. The molecule has 0 saturated carbocycles. The van der Waals surface area contributed by atoms with Gasteiger partial charge in [-0.1, -0.05) is 6.92 Å². The maximum absolute atomic E-state index is 11.6. The van der Waals surface area contributed by atoms with Crippen molar-refractivity contribution in [3.63, 3.8) is 0 Å². The van der Waals surface area contributed by atoms with Crippen LogP contribution < -0.4 is 14.8 Å². The summed E-state index contributed by atoms with van der Waals surface area (Å²) in [5, 5.41) is 3.39. The van der Waals surface area contributed by atoms with Crippen molar-refractivity contribution in [2.24, 2.45) is 0 Å². The van der Waals surface area contributed by atoms with Crippen LogP contribution >= 0.6 is 0 Å². The van der Waals surface area contributed by atoms with Gasteiger partial charge in [-0.25, -0.2) is 4.79 Å². The Kier molecular flexibility index (Phi) is 5.27. The van der Waals surface area contributed by atoms with Crippen LogP contribution in [0.1, 0.15) is 18.5 Å². The van der Waals surface area contributed by atoms with Gasteiger partial charge in [0, 0.05) is 18.2 Å². The molecule has 0 aromatic heterocycles. The van der Waals surface area contributed by atoms with Crippen LogP contribution in [0, 0.1) is 0 Å². The molecule has 0 bridgehead atoms. The van der Waals surface area contributed by atoms with E-state index in [0.717, 1.165) is 23.6 Å². The Morgan fingerprint density at radius 2 is 2.19 bits per heavy atom. The lowest BCUT2D eigenvalue weighted by molar-refractivity contribution is 0.155. The molecule has 1 aromatic rings. The first-order valence-corrected chi connectivity index (χ1v) is 7.06. The van der Waals surface area contributed by atoms with E-state index in [1.807, 2.05) is 25.1 Å². The number of nitrogens with zero attached hydrogens (tertiary/aromatic N) is 1. The number of methoxy groups -OCH3 is 2. The van der Waals surface area contributed by atoms with Gasteiger partial charge < -0.3 is 24.4 Å². The van der Waals surface area contributed by atoms with Crippen molar-refractivity contribution in [1.82, 2.24) is 10.2 Å². The normalized spacial score (nSPS) is 15.8. The Morgan fingerprint density at radius 3 is 2.76 bits per heavy atom. The van der Waals surface area contributed by atoms with E-state index in [1.165, 1.54) is 0 Å². The second kappa shape index (κ2) is 7.17. The summed E-state index contributed by atoms with van der Waals surface area (Å²) in [6.07, 6.45) is -0.259. The molecule has 1 aromatic carbocycles. The lowest BCUT2D eigenvalue weighted by Crippen LogP contribution is -2.36. The van der Waals surface area contributed by atoms with Crippen molar-refractivity contribution in [3.05, 3.63) is 23.8 Å². The average Bonchev–Trinajstić information content (AvgIpc) is 2.91. The fraction of sp³-hybridized carbons (Fsp3) is 0.533. The second-order valence-corrected chi connectivity index (χ2v) is 4.78. The number of hydrogen-bond donors (Lipinski definition) is 1. The Hall–Kier alpha value is -1.95. The van der Waals surface area contributed by atoms with Crippen molar-refractivity contribution in [3.8, 4) is 11.5 Å². The third-order valence-corrected chi connectivity index (χ3v) is 3.51. The van der Waals surface area contributed by atoms with Gasteiger partial charge in [-0.05, 0) is 18.7 Å². The van der Waals surface area contributed by atoms with Gasteiger partial charge in [-0.3, -0.25) is 0 Å². The molecule has 6 heteroatoms. The van der Waals surface area contributed by atoms with Gasteiger partial charge >= 0.3 is 6.09 Å². The number of carbonyl (C=O) groups excluding carboxylic acids is 1. The molecule has 2 rings (SSSR count). The van der Waals surface area contributed by atoms with E-state index in [1.54, 1.807) is 19.1 Å². The molecular weight excluding hydrogens is 272 g/mol. The first-order valence-electron chi connectivity index (χ1n) is 7.06. The summed E-state index contributed by atoms with van der Waals surface area (Å²) in [7, 11) is 3.25. The highest BCUT2D eigenvalue weighted by molar-refractivity contribution is 5.69. The van der Waals surface area contributed by atoms with Crippen LogP contribution in [-0.4, -0.2) is 51.5 Å². The predicted octanol–water partition coefficient (Wildman–Crippen LogP) is 1.81. The summed E-state index contributed by atoms with van der Waals surface area (Å²) >= 11 is 0. The topological polar surface area (TPSA) is 60.0 Å². The zero-order valence-electron chi connectivity index (χ0n) is 12.7. The summed E-state index contributed by atoms with van der Waals surface area (Å²) in [6, 6.07) is 5.69.